The van der Waals surface area contributed by atoms with Crippen molar-refractivity contribution < 1.29 is 4.74 Å². The second kappa shape index (κ2) is 5.07. The molecule has 1 spiro atoms. The van der Waals surface area contributed by atoms with Crippen LogP contribution in [0, 0.1) is 0 Å². The van der Waals surface area contributed by atoms with E-state index in [1.807, 2.05) is 6.26 Å². The molecule has 0 bridgehead atoms. The van der Waals surface area contributed by atoms with Crippen LogP contribution < -0.4 is 0 Å². The monoisotopic (exact) mass is 276 g/mol. The van der Waals surface area contributed by atoms with Crippen molar-refractivity contribution in [1.29, 1.82) is 0 Å². The number of rotatable bonds is 1. The Morgan fingerprint density at radius 3 is 2.29 bits per heavy atom. The first-order valence-electron chi connectivity index (χ1n) is 7.92. The molecule has 1 aliphatic heterocycles. The fourth-order valence-corrected chi connectivity index (χ4v) is 3.77. The molecule has 4 rings (SSSR count). The van der Waals surface area contributed by atoms with Gasteiger partial charge in [-0.3, -0.25) is 0 Å². The van der Waals surface area contributed by atoms with E-state index in [2.05, 4.69) is 54.6 Å². The first-order valence-corrected chi connectivity index (χ1v) is 7.92. The van der Waals surface area contributed by atoms with E-state index in [0.717, 1.165) is 12.8 Å². The molecule has 0 atom stereocenters. The molecule has 106 valence electrons. The molecule has 0 amide bonds. The Morgan fingerprint density at radius 1 is 0.762 bits per heavy atom. The molecule has 0 aromatic heterocycles. The minimum atomic E-state index is -0.0763. The van der Waals surface area contributed by atoms with Crippen LogP contribution in [0.3, 0.4) is 0 Å². The summed E-state index contributed by atoms with van der Waals surface area (Å²) in [6, 6.07) is 19.3. The Bertz CT molecular complexity index is 663. The zero-order valence-corrected chi connectivity index (χ0v) is 12.2. The van der Waals surface area contributed by atoms with Crippen molar-refractivity contribution in [1.82, 2.24) is 0 Å². The van der Waals surface area contributed by atoms with E-state index in [1.54, 1.807) is 0 Å². The van der Waals surface area contributed by atoms with Crippen LogP contribution in [0.15, 0.2) is 60.9 Å². The molecular weight excluding hydrogens is 256 g/mol. The summed E-state index contributed by atoms with van der Waals surface area (Å²) in [7, 11) is 0. The summed E-state index contributed by atoms with van der Waals surface area (Å²) in [6.45, 7) is 0. The van der Waals surface area contributed by atoms with E-state index in [-0.39, 0.29) is 5.60 Å². The van der Waals surface area contributed by atoms with Crippen molar-refractivity contribution in [2.24, 2.45) is 0 Å². The highest BCUT2D eigenvalue weighted by Gasteiger charge is 2.39. The molecule has 1 saturated carbocycles. The molecule has 0 saturated heterocycles. The maximum absolute atomic E-state index is 6.34. The van der Waals surface area contributed by atoms with Crippen LogP contribution in [0.2, 0.25) is 0 Å². The Hall–Kier alpha value is -2.02. The van der Waals surface area contributed by atoms with Gasteiger partial charge < -0.3 is 4.74 Å². The van der Waals surface area contributed by atoms with Crippen LogP contribution in [-0.2, 0) is 10.3 Å². The lowest BCUT2D eigenvalue weighted by Gasteiger charge is -2.41. The van der Waals surface area contributed by atoms with Crippen molar-refractivity contribution in [2.75, 3.05) is 0 Å². The van der Waals surface area contributed by atoms with E-state index in [9.17, 15) is 0 Å². The van der Waals surface area contributed by atoms with Gasteiger partial charge in [-0.25, -0.2) is 0 Å². The van der Waals surface area contributed by atoms with Crippen molar-refractivity contribution >= 4 is 5.57 Å². The van der Waals surface area contributed by atoms with Gasteiger partial charge in [0.05, 0.1) is 6.26 Å². The highest BCUT2D eigenvalue weighted by atomic mass is 16.5. The van der Waals surface area contributed by atoms with Crippen LogP contribution in [0.5, 0.6) is 0 Å². The lowest BCUT2D eigenvalue weighted by atomic mass is 9.75. The molecule has 1 fully saturated rings. The minimum absolute atomic E-state index is 0.0763. The summed E-state index contributed by atoms with van der Waals surface area (Å²) in [5.74, 6) is 0. The Kier molecular flexibility index (Phi) is 3.07. The predicted octanol–water partition coefficient (Wildman–Crippen LogP) is 5.27. The summed E-state index contributed by atoms with van der Waals surface area (Å²) < 4.78 is 6.34. The van der Waals surface area contributed by atoms with E-state index in [1.165, 1.54) is 41.5 Å². The summed E-state index contributed by atoms with van der Waals surface area (Å²) in [4.78, 5) is 0. The van der Waals surface area contributed by atoms with Crippen LogP contribution >= 0.6 is 0 Å². The van der Waals surface area contributed by atoms with E-state index in [4.69, 9.17) is 4.74 Å². The summed E-state index contributed by atoms with van der Waals surface area (Å²) in [5.41, 5.74) is 5.09. The largest absolute Gasteiger partial charge is 0.489 e. The van der Waals surface area contributed by atoms with Gasteiger partial charge in [0.1, 0.15) is 5.60 Å². The SMILES string of the molecule is C1=C(c2ccccc2)c2ccccc2C2(CCCCC2)O1. The average Bonchev–Trinajstić information content (AvgIpc) is 2.57. The highest BCUT2D eigenvalue weighted by Crippen LogP contribution is 2.47. The third kappa shape index (κ3) is 2.08. The lowest BCUT2D eigenvalue weighted by Crippen LogP contribution is -2.33. The van der Waals surface area contributed by atoms with Gasteiger partial charge in [-0.05, 0) is 36.8 Å². The maximum atomic E-state index is 6.34. The molecular formula is C20H20O. The van der Waals surface area contributed by atoms with Crippen molar-refractivity contribution in [2.45, 2.75) is 37.7 Å². The average molecular weight is 276 g/mol. The van der Waals surface area contributed by atoms with E-state index < -0.39 is 0 Å². The Labute approximate surface area is 126 Å². The first-order chi connectivity index (χ1) is 10.4. The molecule has 2 aliphatic rings. The molecule has 1 aliphatic carbocycles. The molecule has 0 radical (unpaired) electrons. The number of hydrogen-bond donors (Lipinski definition) is 0. The zero-order valence-electron chi connectivity index (χ0n) is 12.2. The van der Waals surface area contributed by atoms with Crippen LogP contribution in [0.25, 0.3) is 5.57 Å². The number of benzene rings is 2. The molecule has 0 N–H and O–H groups in total. The van der Waals surface area contributed by atoms with Crippen LogP contribution in [0.4, 0.5) is 0 Å². The molecule has 2 aromatic carbocycles. The van der Waals surface area contributed by atoms with E-state index >= 15 is 0 Å². The Balaban J connectivity index is 1.84. The lowest BCUT2D eigenvalue weighted by molar-refractivity contribution is -0.0187. The molecule has 0 unspecified atom stereocenters. The standard InChI is InChI=1S/C20H20O/c1-3-9-16(10-4-1)18-15-21-20(13-7-2-8-14-20)19-12-6-5-11-17(18)19/h1,3-6,9-12,15H,2,7-8,13-14H2. The molecule has 21 heavy (non-hydrogen) atoms. The van der Waals surface area contributed by atoms with Gasteiger partial charge in [0.15, 0.2) is 0 Å². The fraction of sp³-hybridized carbons (Fsp3) is 0.300. The third-order valence-corrected chi connectivity index (χ3v) is 4.86. The van der Waals surface area contributed by atoms with Gasteiger partial charge in [0.25, 0.3) is 0 Å². The zero-order chi connectivity index (χ0) is 14.1. The van der Waals surface area contributed by atoms with Gasteiger partial charge in [-0.2, -0.15) is 0 Å². The minimum Gasteiger partial charge on any atom is -0.489 e. The second-order valence-electron chi connectivity index (χ2n) is 6.12. The van der Waals surface area contributed by atoms with Crippen molar-refractivity contribution in [3.63, 3.8) is 0 Å². The predicted molar refractivity (Wildman–Crippen MR) is 85.8 cm³/mol. The second-order valence-corrected chi connectivity index (χ2v) is 6.12. The molecule has 2 aromatic rings. The first kappa shape index (κ1) is 12.7. The topological polar surface area (TPSA) is 9.23 Å². The van der Waals surface area contributed by atoms with Crippen molar-refractivity contribution in [3.05, 3.63) is 77.5 Å². The smallest absolute Gasteiger partial charge is 0.134 e. The fourth-order valence-electron chi connectivity index (χ4n) is 3.77. The molecule has 1 nitrogen and oxygen atoms in total. The van der Waals surface area contributed by atoms with Crippen LogP contribution in [-0.4, -0.2) is 0 Å². The van der Waals surface area contributed by atoms with Gasteiger partial charge in [-0.15, -0.1) is 0 Å². The summed E-state index contributed by atoms with van der Waals surface area (Å²) in [6.07, 6.45) is 8.16. The highest BCUT2D eigenvalue weighted by molar-refractivity contribution is 5.82. The number of hydrogen-bond acceptors (Lipinski definition) is 1. The third-order valence-electron chi connectivity index (χ3n) is 4.86. The van der Waals surface area contributed by atoms with Gasteiger partial charge >= 0.3 is 0 Å². The molecule has 1 heterocycles. The maximum Gasteiger partial charge on any atom is 0.134 e. The van der Waals surface area contributed by atoms with E-state index in [0.29, 0.717) is 0 Å². The van der Waals surface area contributed by atoms with Crippen LogP contribution in [0.1, 0.15) is 48.8 Å². The van der Waals surface area contributed by atoms with Gasteiger partial charge in [0.2, 0.25) is 0 Å². The number of fused-ring (bicyclic) bond motifs is 2. The quantitative estimate of drug-likeness (QED) is 0.690. The van der Waals surface area contributed by atoms with Gasteiger partial charge in [0, 0.05) is 11.1 Å². The number of ether oxygens (including phenoxy) is 1. The summed E-state index contributed by atoms with van der Waals surface area (Å²) >= 11 is 0. The summed E-state index contributed by atoms with van der Waals surface area (Å²) in [5, 5.41) is 0. The Morgan fingerprint density at radius 2 is 1.48 bits per heavy atom. The van der Waals surface area contributed by atoms with Crippen molar-refractivity contribution in [3.8, 4) is 0 Å². The van der Waals surface area contributed by atoms with Gasteiger partial charge in [-0.1, -0.05) is 61.0 Å². The normalized spacial score (nSPS) is 19.5. The molecule has 1 heteroatoms.